The van der Waals surface area contributed by atoms with Gasteiger partial charge in [-0.1, -0.05) is 12.1 Å². The van der Waals surface area contributed by atoms with Crippen LogP contribution in [0, 0.1) is 11.6 Å². The normalized spacial score (nSPS) is 16.5. The molecular weight excluding hydrogens is 288 g/mol. The fourth-order valence-electron chi connectivity index (χ4n) is 2.59. The van der Waals surface area contributed by atoms with Crippen molar-refractivity contribution in [2.75, 3.05) is 6.61 Å². The highest BCUT2D eigenvalue weighted by atomic mass is 19.1. The largest absolute Gasteiger partial charge is 0.493 e. The third-order valence-electron chi connectivity index (χ3n) is 3.60. The molecule has 1 aliphatic rings. The summed E-state index contributed by atoms with van der Waals surface area (Å²) in [5, 5.41) is 2.86. The van der Waals surface area contributed by atoms with Crippen LogP contribution in [-0.4, -0.2) is 12.5 Å². The third kappa shape index (κ3) is 3.24. The van der Waals surface area contributed by atoms with Gasteiger partial charge in [0.15, 0.2) is 0 Å². The molecule has 0 fully saturated rings. The van der Waals surface area contributed by atoms with Gasteiger partial charge in [-0.15, -0.1) is 0 Å². The number of amides is 1. The number of hydrogen-bond donors (Lipinski definition) is 1. The summed E-state index contributed by atoms with van der Waals surface area (Å²) in [5.74, 6) is -0.381. The van der Waals surface area contributed by atoms with Gasteiger partial charge in [-0.05, 0) is 35.9 Å². The molecule has 2 aromatic rings. The molecule has 0 saturated carbocycles. The van der Waals surface area contributed by atoms with Crippen molar-refractivity contribution in [3.63, 3.8) is 0 Å². The Morgan fingerprint density at radius 1 is 1.18 bits per heavy atom. The Morgan fingerprint density at radius 2 is 2.00 bits per heavy atom. The quantitative estimate of drug-likeness (QED) is 0.946. The summed E-state index contributed by atoms with van der Waals surface area (Å²) in [5.41, 5.74) is 1.24. The van der Waals surface area contributed by atoms with Crippen molar-refractivity contribution in [3.8, 4) is 5.75 Å². The maximum absolute atomic E-state index is 13.4. The maximum Gasteiger partial charge on any atom is 0.224 e. The predicted octanol–water partition coefficient (Wildman–Crippen LogP) is 3.15. The van der Waals surface area contributed by atoms with E-state index >= 15 is 0 Å². The van der Waals surface area contributed by atoms with Crippen molar-refractivity contribution >= 4 is 5.91 Å². The fourth-order valence-corrected chi connectivity index (χ4v) is 2.59. The Labute approximate surface area is 126 Å². The number of carbonyl (C=O) groups excluding carboxylic acids is 1. The zero-order valence-corrected chi connectivity index (χ0v) is 11.8. The van der Waals surface area contributed by atoms with E-state index in [2.05, 4.69) is 5.32 Å². The summed E-state index contributed by atoms with van der Waals surface area (Å²) in [4.78, 5) is 12.1. The molecule has 0 bridgehead atoms. The van der Waals surface area contributed by atoms with Gasteiger partial charge in [0.25, 0.3) is 0 Å². The summed E-state index contributed by atoms with van der Waals surface area (Å²) >= 11 is 0. The Hall–Kier alpha value is -2.43. The number of carbonyl (C=O) groups is 1. The van der Waals surface area contributed by atoms with Crippen molar-refractivity contribution in [2.45, 2.75) is 18.9 Å². The Bertz CT molecular complexity index is 703. The van der Waals surface area contributed by atoms with Crippen LogP contribution in [0.25, 0.3) is 0 Å². The molecule has 2 aromatic carbocycles. The topological polar surface area (TPSA) is 38.3 Å². The summed E-state index contributed by atoms with van der Waals surface area (Å²) in [6, 6.07) is 9.90. The van der Waals surface area contributed by atoms with E-state index in [4.69, 9.17) is 4.74 Å². The maximum atomic E-state index is 13.4. The van der Waals surface area contributed by atoms with E-state index in [-0.39, 0.29) is 30.0 Å². The molecule has 0 saturated heterocycles. The number of ether oxygens (including phenoxy) is 1. The molecule has 3 rings (SSSR count). The van der Waals surface area contributed by atoms with Gasteiger partial charge in [0.2, 0.25) is 5.91 Å². The average molecular weight is 303 g/mol. The zero-order chi connectivity index (χ0) is 15.5. The summed E-state index contributed by atoms with van der Waals surface area (Å²) in [7, 11) is 0. The van der Waals surface area contributed by atoms with E-state index in [1.165, 1.54) is 24.3 Å². The molecule has 114 valence electrons. The lowest BCUT2D eigenvalue weighted by molar-refractivity contribution is -0.121. The predicted molar refractivity (Wildman–Crippen MR) is 77.5 cm³/mol. The minimum atomic E-state index is -0.371. The standard InChI is InChI=1S/C17H15F2NO2/c18-12-3-1-2-11(8-12)9-17(21)20-15-6-7-22-16-5-4-13(19)10-14(15)16/h1-5,8,10,15H,6-7,9H2,(H,20,21). The number of rotatable bonds is 3. The summed E-state index contributed by atoms with van der Waals surface area (Å²) in [6.45, 7) is 0.462. The number of benzene rings is 2. The van der Waals surface area contributed by atoms with Gasteiger partial charge in [-0.3, -0.25) is 4.79 Å². The molecule has 1 amide bonds. The SMILES string of the molecule is O=C(Cc1cccc(F)c1)NC1CCOc2ccc(F)cc21. The van der Waals surface area contributed by atoms with E-state index in [0.717, 1.165) is 0 Å². The lowest BCUT2D eigenvalue weighted by Gasteiger charge is -2.26. The molecular formula is C17H15F2NO2. The summed E-state index contributed by atoms with van der Waals surface area (Å²) in [6.07, 6.45) is 0.658. The van der Waals surface area contributed by atoms with Crippen LogP contribution in [-0.2, 0) is 11.2 Å². The molecule has 0 radical (unpaired) electrons. The highest BCUT2D eigenvalue weighted by Gasteiger charge is 2.23. The van der Waals surface area contributed by atoms with Gasteiger partial charge >= 0.3 is 0 Å². The van der Waals surface area contributed by atoms with E-state index < -0.39 is 0 Å². The second kappa shape index (κ2) is 6.13. The first-order chi connectivity index (χ1) is 10.6. The first kappa shape index (κ1) is 14.5. The van der Waals surface area contributed by atoms with Crippen LogP contribution >= 0.6 is 0 Å². The van der Waals surface area contributed by atoms with Gasteiger partial charge in [-0.25, -0.2) is 8.78 Å². The van der Waals surface area contributed by atoms with Crippen LogP contribution in [0.3, 0.4) is 0 Å². The fraction of sp³-hybridized carbons (Fsp3) is 0.235. The van der Waals surface area contributed by atoms with E-state index in [0.29, 0.717) is 29.9 Å². The van der Waals surface area contributed by atoms with Crippen molar-refractivity contribution in [3.05, 3.63) is 65.2 Å². The monoisotopic (exact) mass is 303 g/mol. The van der Waals surface area contributed by atoms with Crippen molar-refractivity contribution in [1.29, 1.82) is 0 Å². The van der Waals surface area contributed by atoms with Crippen molar-refractivity contribution in [1.82, 2.24) is 5.32 Å². The molecule has 1 heterocycles. The minimum Gasteiger partial charge on any atom is -0.493 e. The Balaban J connectivity index is 1.71. The second-order valence-corrected chi connectivity index (χ2v) is 5.25. The van der Waals surface area contributed by atoms with Crippen LogP contribution < -0.4 is 10.1 Å². The second-order valence-electron chi connectivity index (χ2n) is 5.25. The zero-order valence-electron chi connectivity index (χ0n) is 11.8. The number of nitrogens with one attached hydrogen (secondary N) is 1. The number of fused-ring (bicyclic) bond motifs is 1. The van der Waals surface area contributed by atoms with Crippen LogP contribution in [0.15, 0.2) is 42.5 Å². The molecule has 1 N–H and O–H groups in total. The molecule has 5 heteroatoms. The molecule has 22 heavy (non-hydrogen) atoms. The van der Waals surface area contributed by atoms with Gasteiger partial charge in [0.05, 0.1) is 19.1 Å². The van der Waals surface area contributed by atoms with Gasteiger partial charge in [-0.2, -0.15) is 0 Å². The van der Waals surface area contributed by atoms with E-state index in [1.54, 1.807) is 18.2 Å². The first-order valence-electron chi connectivity index (χ1n) is 7.08. The Kier molecular flexibility index (Phi) is 4.04. The van der Waals surface area contributed by atoms with Gasteiger partial charge in [0.1, 0.15) is 17.4 Å². The third-order valence-corrected chi connectivity index (χ3v) is 3.60. The summed E-state index contributed by atoms with van der Waals surface area (Å²) < 4.78 is 32.0. The van der Waals surface area contributed by atoms with Crippen LogP contribution in [0.5, 0.6) is 5.75 Å². The lowest BCUT2D eigenvalue weighted by Crippen LogP contribution is -2.33. The number of hydrogen-bond acceptors (Lipinski definition) is 2. The lowest BCUT2D eigenvalue weighted by atomic mass is 10.00. The van der Waals surface area contributed by atoms with E-state index in [9.17, 15) is 13.6 Å². The van der Waals surface area contributed by atoms with Crippen LogP contribution in [0.1, 0.15) is 23.6 Å². The highest BCUT2D eigenvalue weighted by Crippen LogP contribution is 2.32. The van der Waals surface area contributed by atoms with E-state index in [1.807, 2.05) is 0 Å². The van der Waals surface area contributed by atoms with Crippen molar-refractivity contribution < 1.29 is 18.3 Å². The molecule has 0 aliphatic carbocycles. The number of halogens is 2. The Morgan fingerprint density at radius 3 is 2.82 bits per heavy atom. The molecule has 1 aliphatic heterocycles. The smallest absolute Gasteiger partial charge is 0.224 e. The molecule has 0 spiro atoms. The van der Waals surface area contributed by atoms with Crippen LogP contribution in [0.4, 0.5) is 8.78 Å². The van der Waals surface area contributed by atoms with Gasteiger partial charge in [0, 0.05) is 12.0 Å². The highest BCUT2D eigenvalue weighted by molar-refractivity contribution is 5.79. The molecule has 3 nitrogen and oxygen atoms in total. The average Bonchev–Trinajstić information content (AvgIpc) is 2.48. The first-order valence-corrected chi connectivity index (χ1v) is 7.08. The molecule has 0 aromatic heterocycles. The molecule has 1 unspecified atom stereocenters. The molecule has 1 atom stereocenters. The van der Waals surface area contributed by atoms with Crippen molar-refractivity contribution in [2.24, 2.45) is 0 Å². The van der Waals surface area contributed by atoms with Crippen LogP contribution in [0.2, 0.25) is 0 Å². The minimum absolute atomic E-state index is 0.0831. The van der Waals surface area contributed by atoms with Gasteiger partial charge < -0.3 is 10.1 Å².